The van der Waals surface area contributed by atoms with E-state index in [1.807, 2.05) is 19.1 Å². The Morgan fingerprint density at radius 1 is 1.57 bits per heavy atom. The Hall–Kier alpha value is -2.02. The van der Waals surface area contributed by atoms with Gasteiger partial charge in [0.2, 0.25) is 0 Å². The monoisotopic (exact) mass is 306 g/mol. The highest BCUT2D eigenvalue weighted by molar-refractivity contribution is 7.18. The van der Waals surface area contributed by atoms with Crippen LogP contribution in [0.15, 0.2) is 12.1 Å². The molecule has 2 aromatic rings. The maximum atomic E-state index is 11.3. The molecule has 1 fully saturated rings. The molecule has 1 aromatic heterocycles. The van der Waals surface area contributed by atoms with Crippen molar-refractivity contribution in [3.05, 3.63) is 17.1 Å². The van der Waals surface area contributed by atoms with Gasteiger partial charge in [-0.3, -0.25) is 0 Å². The van der Waals surface area contributed by atoms with Gasteiger partial charge in [-0.1, -0.05) is 0 Å². The van der Waals surface area contributed by atoms with Crippen molar-refractivity contribution in [3.8, 4) is 0 Å². The minimum atomic E-state index is -0.389. The number of benzene rings is 1. The van der Waals surface area contributed by atoms with Crippen LogP contribution in [0.2, 0.25) is 0 Å². The second-order valence-electron chi connectivity index (χ2n) is 5.18. The first kappa shape index (κ1) is 13.9. The molecule has 1 aromatic carbocycles. The maximum absolute atomic E-state index is 11.3. The molecule has 6 nitrogen and oxygen atoms in total. The molecular weight excluding hydrogens is 288 g/mol. The van der Waals surface area contributed by atoms with Gasteiger partial charge in [0, 0.05) is 13.1 Å². The van der Waals surface area contributed by atoms with Crippen molar-refractivity contribution in [3.63, 3.8) is 0 Å². The van der Waals surface area contributed by atoms with Crippen molar-refractivity contribution in [2.24, 2.45) is 0 Å². The number of hydrogen-bond donors (Lipinski definition) is 2. The van der Waals surface area contributed by atoms with Crippen LogP contribution in [0, 0.1) is 6.92 Å². The fourth-order valence-corrected chi connectivity index (χ4v) is 3.55. The summed E-state index contributed by atoms with van der Waals surface area (Å²) in [6, 6.07) is 4.11. The van der Waals surface area contributed by atoms with Crippen LogP contribution in [0.25, 0.3) is 10.2 Å². The van der Waals surface area contributed by atoms with Crippen molar-refractivity contribution in [2.45, 2.75) is 19.4 Å². The molecule has 3 rings (SSSR count). The fraction of sp³-hybridized carbons (Fsp3) is 0.429. The van der Waals surface area contributed by atoms with Gasteiger partial charge in [-0.25, -0.2) is 9.78 Å². The molecule has 0 saturated carbocycles. The van der Waals surface area contributed by atoms with Gasteiger partial charge in [-0.15, -0.1) is 11.3 Å². The highest BCUT2D eigenvalue weighted by Gasteiger charge is 2.25. The molecule has 7 heteroatoms. The van der Waals surface area contributed by atoms with Crippen molar-refractivity contribution in [1.82, 2.24) is 10.3 Å². The molecule has 0 radical (unpaired) electrons. The largest absolute Gasteiger partial charge is 0.453 e. The first-order valence-electron chi connectivity index (χ1n) is 6.83. The Morgan fingerprint density at radius 3 is 3.14 bits per heavy atom. The minimum absolute atomic E-state index is 0.0877. The molecule has 3 N–H and O–H groups in total. The van der Waals surface area contributed by atoms with Crippen LogP contribution in [0.1, 0.15) is 11.4 Å². The van der Waals surface area contributed by atoms with E-state index in [4.69, 9.17) is 5.73 Å². The van der Waals surface area contributed by atoms with Crippen LogP contribution in [0.4, 0.5) is 16.2 Å². The van der Waals surface area contributed by atoms with E-state index in [1.165, 1.54) is 7.11 Å². The molecular formula is C14H18N4O2S. The van der Waals surface area contributed by atoms with Gasteiger partial charge in [0.05, 0.1) is 39.8 Å². The lowest BCUT2D eigenvalue weighted by Crippen LogP contribution is -2.37. The van der Waals surface area contributed by atoms with Crippen molar-refractivity contribution < 1.29 is 9.53 Å². The number of alkyl carbamates (subject to hydrolysis) is 1. The number of nitrogens with zero attached hydrogens (tertiary/aromatic N) is 2. The van der Waals surface area contributed by atoms with Gasteiger partial charge in [0.15, 0.2) is 0 Å². The quantitative estimate of drug-likeness (QED) is 0.831. The maximum Gasteiger partial charge on any atom is 0.407 e. The number of thiazole rings is 1. The summed E-state index contributed by atoms with van der Waals surface area (Å²) in [4.78, 5) is 18.0. The Bertz CT molecular complexity index is 685. The lowest BCUT2D eigenvalue weighted by molar-refractivity contribution is 0.167. The van der Waals surface area contributed by atoms with Crippen LogP contribution in [0.3, 0.4) is 0 Å². The third-order valence-corrected chi connectivity index (χ3v) is 4.61. The van der Waals surface area contributed by atoms with Gasteiger partial charge in [0.25, 0.3) is 0 Å². The molecule has 2 heterocycles. The molecule has 1 saturated heterocycles. The number of amides is 1. The van der Waals surface area contributed by atoms with Crippen LogP contribution in [-0.4, -0.2) is 37.3 Å². The van der Waals surface area contributed by atoms with E-state index in [0.717, 1.165) is 46.1 Å². The third kappa shape index (κ3) is 2.73. The zero-order valence-corrected chi connectivity index (χ0v) is 12.9. The summed E-state index contributed by atoms with van der Waals surface area (Å²) < 4.78 is 5.74. The molecule has 0 bridgehead atoms. The smallest absolute Gasteiger partial charge is 0.407 e. The van der Waals surface area contributed by atoms with E-state index in [9.17, 15) is 4.79 Å². The molecule has 1 aliphatic heterocycles. The number of aromatic nitrogens is 1. The summed E-state index contributed by atoms with van der Waals surface area (Å²) in [6.45, 7) is 3.58. The number of fused-ring (bicyclic) bond motifs is 1. The van der Waals surface area contributed by atoms with E-state index in [-0.39, 0.29) is 12.1 Å². The zero-order chi connectivity index (χ0) is 15.0. The SMILES string of the molecule is COC(=O)NC1CCN(c2cc3nc(C)sc3cc2N)C1. The number of anilines is 2. The predicted molar refractivity (Wildman–Crippen MR) is 84.9 cm³/mol. The van der Waals surface area contributed by atoms with E-state index < -0.39 is 0 Å². The van der Waals surface area contributed by atoms with Crippen LogP contribution in [-0.2, 0) is 4.74 Å². The van der Waals surface area contributed by atoms with E-state index >= 15 is 0 Å². The number of methoxy groups -OCH3 is 1. The topological polar surface area (TPSA) is 80.5 Å². The Morgan fingerprint density at radius 2 is 2.38 bits per heavy atom. The second kappa shape index (κ2) is 5.40. The Kier molecular flexibility index (Phi) is 3.59. The molecule has 1 aliphatic rings. The van der Waals surface area contributed by atoms with E-state index in [2.05, 4.69) is 19.9 Å². The molecule has 21 heavy (non-hydrogen) atoms. The van der Waals surface area contributed by atoms with E-state index in [0.29, 0.717) is 0 Å². The summed E-state index contributed by atoms with van der Waals surface area (Å²) in [5, 5.41) is 3.87. The van der Waals surface area contributed by atoms with Crippen molar-refractivity contribution in [1.29, 1.82) is 0 Å². The number of carbonyl (C=O) groups excluding carboxylic acids is 1. The van der Waals surface area contributed by atoms with Gasteiger partial charge >= 0.3 is 6.09 Å². The average molecular weight is 306 g/mol. The van der Waals surface area contributed by atoms with Crippen molar-refractivity contribution in [2.75, 3.05) is 30.8 Å². The first-order valence-corrected chi connectivity index (χ1v) is 7.64. The number of nitrogen functional groups attached to an aromatic ring is 1. The molecule has 0 spiro atoms. The first-order chi connectivity index (χ1) is 10.1. The highest BCUT2D eigenvalue weighted by Crippen LogP contribution is 2.33. The number of nitrogens with one attached hydrogen (secondary N) is 1. The third-order valence-electron chi connectivity index (χ3n) is 3.68. The number of rotatable bonds is 2. The lowest BCUT2D eigenvalue weighted by Gasteiger charge is -2.20. The number of aryl methyl sites for hydroxylation is 1. The number of carbonyl (C=O) groups is 1. The number of nitrogens with two attached hydrogens (primary N) is 1. The zero-order valence-electron chi connectivity index (χ0n) is 12.0. The van der Waals surface area contributed by atoms with Crippen LogP contribution in [0.5, 0.6) is 0 Å². The molecule has 0 aliphatic carbocycles. The minimum Gasteiger partial charge on any atom is -0.453 e. The van der Waals surface area contributed by atoms with Gasteiger partial charge in [-0.05, 0) is 25.5 Å². The number of hydrogen-bond acceptors (Lipinski definition) is 6. The van der Waals surface area contributed by atoms with Crippen molar-refractivity contribution >= 4 is 39.0 Å². The van der Waals surface area contributed by atoms with Crippen LogP contribution < -0.4 is 16.0 Å². The van der Waals surface area contributed by atoms with Gasteiger partial charge < -0.3 is 20.7 Å². The predicted octanol–water partition coefficient (Wildman–Crippen LogP) is 2.12. The average Bonchev–Trinajstić information content (AvgIpc) is 3.03. The Balaban J connectivity index is 1.81. The Labute approximate surface area is 126 Å². The van der Waals surface area contributed by atoms with E-state index in [1.54, 1.807) is 11.3 Å². The molecule has 1 unspecified atom stereocenters. The van der Waals surface area contributed by atoms with Gasteiger partial charge in [-0.2, -0.15) is 0 Å². The lowest BCUT2D eigenvalue weighted by atomic mass is 10.2. The highest BCUT2D eigenvalue weighted by atomic mass is 32.1. The normalized spacial score (nSPS) is 18.2. The summed E-state index contributed by atoms with van der Waals surface area (Å²) in [5.74, 6) is 0. The standard InChI is InChI=1S/C14H18N4O2S/c1-8-16-11-6-12(10(15)5-13(11)21-8)18-4-3-9(7-18)17-14(19)20-2/h5-6,9H,3-4,7,15H2,1-2H3,(H,17,19). The summed E-state index contributed by atoms with van der Waals surface area (Å²) in [7, 11) is 1.37. The second-order valence-corrected chi connectivity index (χ2v) is 6.41. The molecule has 1 atom stereocenters. The summed E-state index contributed by atoms with van der Waals surface area (Å²) in [6.07, 6.45) is 0.489. The fourth-order valence-electron chi connectivity index (χ4n) is 2.69. The molecule has 112 valence electrons. The summed E-state index contributed by atoms with van der Waals surface area (Å²) >= 11 is 1.65. The molecule has 1 amide bonds. The number of ether oxygens (including phenoxy) is 1. The van der Waals surface area contributed by atoms with Gasteiger partial charge in [0.1, 0.15) is 0 Å². The van der Waals surface area contributed by atoms with Crippen LogP contribution >= 0.6 is 11.3 Å². The summed E-state index contributed by atoms with van der Waals surface area (Å²) in [5.41, 5.74) is 8.89.